The van der Waals surface area contributed by atoms with Crippen LogP contribution >= 0.6 is 0 Å². The average molecular weight is 238 g/mol. The molecule has 0 saturated carbocycles. The van der Waals surface area contributed by atoms with E-state index in [9.17, 15) is 9.18 Å². The molecule has 0 radical (unpaired) electrons. The number of nitrogens with zero attached hydrogens (tertiary/aromatic N) is 1. The molecule has 1 rings (SSSR count). The molecule has 2 atom stereocenters. The number of carbonyl (C=O) groups is 1. The van der Waals surface area contributed by atoms with Crippen molar-refractivity contribution in [2.75, 3.05) is 7.05 Å². The van der Waals surface area contributed by atoms with Crippen LogP contribution in [0, 0.1) is 5.82 Å². The van der Waals surface area contributed by atoms with Gasteiger partial charge in [0, 0.05) is 11.6 Å². The average Bonchev–Trinajstić information content (AvgIpc) is 2.29. The Morgan fingerprint density at radius 3 is 2.53 bits per heavy atom. The molecule has 0 heterocycles. The minimum Gasteiger partial charge on any atom is -0.368 e. The van der Waals surface area contributed by atoms with Gasteiger partial charge in [-0.2, -0.15) is 0 Å². The first kappa shape index (κ1) is 13.6. The van der Waals surface area contributed by atoms with Crippen molar-refractivity contribution in [3.05, 3.63) is 35.6 Å². The summed E-state index contributed by atoms with van der Waals surface area (Å²) in [6, 6.07) is 6.03. The summed E-state index contributed by atoms with van der Waals surface area (Å²) >= 11 is 0. The van der Waals surface area contributed by atoms with Gasteiger partial charge in [-0.15, -0.1) is 0 Å². The maximum Gasteiger partial charge on any atom is 0.234 e. The Morgan fingerprint density at radius 2 is 2.06 bits per heavy atom. The first-order valence-electron chi connectivity index (χ1n) is 5.74. The van der Waals surface area contributed by atoms with Crippen molar-refractivity contribution in [1.29, 1.82) is 0 Å². The Bertz CT molecular complexity index is 395. The van der Waals surface area contributed by atoms with E-state index in [2.05, 4.69) is 0 Å². The van der Waals surface area contributed by atoms with Crippen molar-refractivity contribution in [1.82, 2.24) is 4.90 Å². The fourth-order valence-electron chi connectivity index (χ4n) is 1.99. The number of nitrogens with two attached hydrogens (primary N) is 1. The standard InChI is InChI=1S/C13H19FN2O/c1-4-12(13(15)17)16(3)9(2)10-7-5-6-8-11(10)14/h5-9,12H,4H2,1-3H3,(H2,15,17). The summed E-state index contributed by atoms with van der Waals surface area (Å²) < 4.78 is 13.6. The Morgan fingerprint density at radius 1 is 1.47 bits per heavy atom. The SMILES string of the molecule is CCC(C(N)=O)N(C)C(C)c1ccccc1F. The second-order valence-electron chi connectivity index (χ2n) is 4.19. The maximum absolute atomic E-state index is 13.6. The number of rotatable bonds is 5. The Kier molecular flexibility index (Phi) is 4.63. The van der Waals surface area contributed by atoms with E-state index in [1.54, 1.807) is 30.1 Å². The second kappa shape index (κ2) is 5.77. The Labute approximate surface area is 101 Å². The molecule has 1 aromatic carbocycles. The van der Waals surface area contributed by atoms with Crippen LogP contribution in [-0.4, -0.2) is 23.9 Å². The topological polar surface area (TPSA) is 46.3 Å². The number of likely N-dealkylation sites (N-methyl/N-ethyl adjacent to an activating group) is 1. The van der Waals surface area contributed by atoms with Gasteiger partial charge >= 0.3 is 0 Å². The third-order valence-electron chi connectivity index (χ3n) is 3.17. The molecule has 94 valence electrons. The molecule has 0 aliphatic rings. The summed E-state index contributed by atoms with van der Waals surface area (Å²) in [6.45, 7) is 3.75. The van der Waals surface area contributed by atoms with Crippen molar-refractivity contribution < 1.29 is 9.18 Å². The van der Waals surface area contributed by atoms with E-state index < -0.39 is 0 Å². The van der Waals surface area contributed by atoms with E-state index in [-0.39, 0.29) is 23.8 Å². The van der Waals surface area contributed by atoms with Crippen LogP contribution in [0.15, 0.2) is 24.3 Å². The lowest BCUT2D eigenvalue weighted by atomic mass is 10.0. The highest BCUT2D eigenvalue weighted by Gasteiger charge is 2.25. The monoisotopic (exact) mass is 238 g/mol. The van der Waals surface area contributed by atoms with Gasteiger partial charge in [-0.3, -0.25) is 9.69 Å². The summed E-state index contributed by atoms with van der Waals surface area (Å²) in [5, 5.41) is 0. The summed E-state index contributed by atoms with van der Waals surface area (Å²) in [7, 11) is 1.79. The van der Waals surface area contributed by atoms with Crippen molar-refractivity contribution >= 4 is 5.91 Å². The number of carbonyl (C=O) groups excluding carboxylic acids is 1. The van der Waals surface area contributed by atoms with Crippen LogP contribution < -0.4 is 5.73 Å². The quantitative estimate of drug-likeness (QED) is 0.853. The molecule has 0 aliphatic carbocycles. The van der Waals surface area contributed by atoms with E-state index in [0.29, 0.717) is 12.0 Å². The summed E-state index contributed by atoms with van der Waals surface area (Å²) in [4.78, 5) is 13.1. The number of benzene rings is 1. The summed E-state index contributed by atoms with van der Waals surface area (Å²) in [5.74, 6) is -0.635. The first-order chi connectivity index (χ1) is 7.99. The lowest BCUT2D eigenvalue weighted by molar-refractivity contribution is -0.123. The lowest BCUT2D eigenvalue weighted by Gasteiger charge is -2.30. The highest BCUT2D eigenvalue weighted by Crippen LogP contribution is 2.23. The van der Waals surface area contributed by atoms with Gasteiger partial charge in [0.15, 0.2) is 0 Å². The zero-order chi connectivity index (χ0) is 13.0. The summed E-state index contributed by atoms with van der Waals surface area (Å²) in [6.07, 6.45) is 0.616. The fraction of sp³-hybridized carbons (Fsp3) is 0.462. The molecule has 1 aromatic rings. The third-order valence-corrected chi connectivity index (χ3v) is 3.17. The van der Waals surface area contributed by atoms with Gasteiger partial charge < -0.3 is 5.73 Å². The fourth-order valence-corrected chi connectivity index (χ4v) is 1.99. The number of amides is 1. The van der Waals surface area contributed by atoms with E-state index >= 15 is 0 Å². The van der Waals surface area contributed by atoms with Crippen LogP contribution in [0.3, 0.4) is 0 Å². The molecule has 0 spiro atoms. The van der Waals surface area contributed by atoms with Crippen LogP contribution in [0.2, 0.25) is 0 Å². The zero-order valence-corrected chi connectivity index (χ0v) is 10.5. The normalized spacial score (nSPS) is 14.6. The van der Waals surface area contributed by atoms with Crippen molar-refractivity contribution in [3.63, 3.8) is 0 Å². The van der Waals surface area contributed by atoms with Crippen LogP contribution in [0.25, 0.3) is 0 Å². The van der Waals surface area contributed by atoms with Gasteiger partial charge in [-0.05, 0) is 26.5 Å². The predicted molar refractivity (Wildman–Crippen MR) is 65.9 cm³/mol. The molecule has 4 heteroatoms. The number of halogens is 1. The Hall–Kier alpha value is -1.42. The minimum atomic E-state index is -0.377. The van der Waals surface area contributed by atoms with Gasteiger partial charge in [0.25, 0.3) is 0 Å². The second-order valence-corrected chi connectivity index (χ2v) is 4.19. The highest BCUT2D eigenvalue weighted by atomic mass is 19.1. The van der Waals surface area contributed by atoms with Crippen LogP contribution in [0.5, 0.6) is 0 Å². The van der Waals surface area contributed by atoms with E-state index in [1.807, 2.05) is 13.8 Å². The van der Waals surface area contributed by atoms with E-state index in [0.717, 1.165) is 0 Å². The molecule has 2 N–H and O–H groups in total. The number of hydrogen-bond donors (Lipinski definition) is 1. The zero-order valence-electron chi connectivity index (χ0n) is 10.5. The molecule has 1 amide bonds. The van der Waals surface area contributed by atoms with Crippen LogP contribution in [0.1, 0.15) is 31.9 Å². The number of hydrogen-bond acceptors (Lipinski definition) is 2. The van der Waals surface area contributed by atoms with Gasteiger partial charge in [-0.25, -0.2) is 4.39 Å². The van der Waals surface area contributed by atoms with Crippen LogP contribution in [-0.2, 0) is 4.79 Å². The van der Waals surface area contributed by atoms with Gasteiger partial charge in [0.1, 0.15) is 5.82 Å². The lowest BCUT2D eigenvalue weighted by Crippen LogP contribution is -2.43. The third kappa shape index (κ3) is 3.03. The Balaban J connectivity index is 2.93. The smallest absolute Gasteiger partial charge is 0.234 e. The van der Waals surface area contributed by atoms with Gasteiger partial charge in [0.05, 0.1) is 6.04 Å². The summed E-state index contributed by atoms with van der Waals surface area (Å²) in [5.41, 5.74) is 5.91. The molecule has 3 nitrogen and oxygen atoms in total. The van der Waals surface area contributed by atoms with E-state index in [1.165, 1.54) is 6.07 Å². The van der Waals surface area contributed by atoms with Gasteiger partial charge in [0.2, 0.25) is 5.91 Å². The van der Waals surface area contributed by atoms with Crippen molar-refractivity contribution in [2.24, 2.45) is 5.73 Å². The van der Waals surface area contributed by atoms with Crippen molar-refractivity contribution in [3.8, 4) is 0 Å². The largest absolute Gasteiger partial charge is 0.368 e. The maximum atomic E-state index is 13.6. The molecule has 0 aromatic heterocycles. The van der Waals surface area contributed by atoms with Gasteiger partial charge in [-0.1, -0.05) is 25.1 Å². The highest BCUT2D eigenvalue weighted by molar-refractivity contribution is 5.79. The molecule has 2 unspecified atom stereocenters. The molecule has 0 fully saturated rings. The number of primary amides is 1. The molecular formula is C13H19FN2O. The molecule has 0 bridgehead atoms. The minimum absolute atomic E-state index is 0.186. The molecule has 0 saturated heterocycles. The predicted octanol–water partition coefficient (Wildman–Crippen LogP) is 2.08. The molecule has 0 aliphatic heterocycles. The van der Waals surface area contributed by atoms with Crippen molar-refractivity contribution in [2.45, 2.75) is 32.4 Å². The molecular weight excluding hydrogens is 219 g/mol. The van der Waals surface area contributed by atoms with Crippen LogP contribution in [0.4, 0.5) is 4.39 Å². The first-order valence-corrected chi connectivity index (χ1v) is 5.74. The molecule has 17 heavy (non-hydrogen) atoms. The van der Waals surface area contributed by atoms with E-state index in [4.69, 9.17) is 5.73 Å².